The molecule has 2 aromatic carbocycles. The smallest absolute Gasteiger partial charge is 0.0508 e. The normalized spacial score (nSPS) is 15.3. The molecule has 1 N–H and O–H groups in total. The first kappa shape index (κ1) is 17.7. The molecule has 2 rings (SSSR count). The zero-order chi connectivity index (χ0) is 16.7. The van der Waals surface area contributed by atoms with Crippen LogP contribution in [0.4, 0.5) is 0 Å². The third-order valence-corrected chi connectivity index (χ3v) is 5.06. The highest BCUT2D eigenvalue weighted by atomic mass is 16.3. The number of aliphatic hydroxyl groups excluding tert-OH is 1. The highest BCUT2D eigenvalue weighted by molar-refractivity contribution is 5.33. The van der Waals surface area contributed by atoms with Crippen LogP contribution in [0.15, 0.2) is 60.7 Å². The van der Waals surface area contributed by atoms with Crippen LogP contribution in [0.1, 0.15) is 57.1 Å². The van der Waals surface area contributed by atoms with E-state index < -0.39 is 0 Å². The maximum absolute atomic E-state index is 10.2. The first-order valence-electron chi connectivity index (χ1n) is 8.79. The molecule has 0 fully saturated rings. The van der Waals surface area contributed by atoms with E-state index in [1.165, 1.54) is 24.0 Å². The van der Waals surface area contributed by atoms with Crippen LogP contribution in [0.5, 0.6) is 0 Å². The maximum Gasteiger partial charge on any atom is 0.0508 e. The minimum Gasteiger partial charge on any atom is -0.396 e. The van der Waals surface area contributed by atoms with Crippen molar-refractivity contribution in [2.24, 2.45) is 5.92 Å². The van der Waals surface area contributed by atoms with Crippen molar-refractivity contribution in [1.82, 2.24) is 0 Å². The quantitative estimate of drug-likeness (QED) is 0.678. The van der Waals surface area contributed by atoms with Crippen molar-refractivity contribution in [3.05, 3.63) is 71.8 Å². The molecule has 2 unspecified atom stereocenters. The third-order valence-electron chi connectivity index (χ3n) is 5.06. The molecule has 0 saturated carbocycles. The molecule has 0 radical (unpaired) electrons. The molecule has 0 aromatic heterocycles. The van der Waals surface area contributed by atoms with Crippen LogP contribution in [-0.2, 0) is 5.41 Å². The van der Waals surface area contributed by atoms with Gasteiger partial charge in [0.25, 0.3) is 0 Å². The summed E-state index contributed by atoms with van der Waals surface area (Å²) in [7, 11) is 0. The van der Waals surface area contributed by atoms with Crippen LogP contribution in [0, 0.1) is 5.92 Å². The lowest BCUT2D eigenvalue weighted by Crippen LogP contribution is -2.33. The van der Waals surface area contributed by atoms with E-state index in [1.807, 2.05) is 6.07 Å². The van der Waals surface area contributed by atoms with Gasteiger partial charge in [-0.2, -0.15) is 0 Å². The molecule has 0 aliphatic carbocycles. The molecule has 0 bridgehead atoms. The third kappa shape index (κ3) is 4.45. The van der Waals surface area contributed by atoms with E-state index in [0.29, 0.717) is 0 Å². The topological polar surface area (TPSA) is 20.2 Å². The summed E-state index contributed by atoms with van der Waals surface area (Å²) in [6.07, 6.45) is 3.51. The average Bonchev–Trinajstić information content (AvgIpc) is 2.57. The lowest BCUT2D eigenvalue weighted by atomic mass is 9.66. The molecule has 2 atom stereocenters. The molecule has 23 heavy (non-hydrogen) atoms. The van der Waals surface area contributed by atoms with E-state index in [-0.39, 0.29) is 17.9 Å². The lowest BCUT2D eigenvalue weighted by Gasteiger charge is -2.38. The Morgan fingerprint density at radius 3 is 2.00 bits per heavy atom. The van der Waals surface area contributed by atoms with E-state index in [4.69, 9.17) is 0 Å². The zero-order valence-corrected chi connectivity index (χ0v) is 14.7. The second kappa shape index (κ2) is 8.31. The van der Waals surface area contributed by atoms with Gasteiger partial charge in [0.2, 0.25) is 0 Å². The number of hydrogen-bond acceptors (Lipinski definition) is 1. The molecule has 1 nitrogen and oxygen atoms in total. The summed E-state index contributed by atoms with van der Waals surface area (Å²) in [5.74, 6) is 0.845. The SMILES string of the molecule is CC(C)CCCC(C)(c1ccccc1)C(CO)c1ccccc1. The van der Waals surface area contributed by atoms with E-state index in [0.717, 1.165) is 12.3 Å². The fourth-order valence-corrected chi connectivity index (χ4v) is 3.58. The number of rotatable bonds is 8. The Labute approximate surface area is 141 Å². The molecular weight excluding hydrogens is 280 g/mol. The van der Waals surface area contributed by atoms with Crippen molar-refractivity contribution in [3.63, 3.8) is 0 Å². The Bertz CT molecular complexity index is 561. The summed E-state index contributed by atoms with van der Waals surface area (Å²) in [6, 6.07) is 21.2. The van der Waals surface area contributed by atoms with Gasteiger partial charge < -0.3 is 5.11 Å². The maximum atomic E-state index is 10.2. The zero-order valence-electron chi connectivity index (χ0n) is 14.7. The van der Waals surface area contributed by atoms with Gasteiger partial charge in [-0.1, -0.05) is 94.3 Å². The van der Waals surface area contributed by atoms with Gasteiger partial charge in [0, 0.05) is 11.3 Å². The van der Waals surface area contributed by atoms with Gasteiger partial charge in [-0.25, -0.2) is 0 Å². The molecule has 0 amide bonds. The summed E-state index contributed by atoms with van der Waals surface area (Å²) < 4.78 is 0. The number of benzene rings is 2. The van der Waals surface area contributed by atoms with Crippen LogP contribution < -0.4 is 0 Å². The molecule has 2 aromatic rings. The monoisotopic (exact) mass is 310 g/mol. The van der Waals surface area contributed by atoms with Crippen molar-refractivity contribution < 1.29 is 5.11 Å². The molecular formula is C22H30O. The van der Waals surface area contributed by atoms with Crippen molar-refractivity contribution >= 4 is 0 Å². The predicted molar refractivity (Wildman–Crippen MR) is 98.8 cm³/mol. The second-order valence-electron chi connectivity index (χ2n) is 7.22. The van der Waals surface area contributed by atoms with E-state index in [1.54, 1.807) is 0 Å². The molecule has 0 heterocycles. The number of hydrogen-bond donors (Lipinski definition) is 1. The summed E-state index contributed by atoms with van der Waals surface area (Å²) in [4.78, 5) is 0. The Hall–Kier alpha value is -1.60. The fraction of sp³-hybridized carbons (Fsp3) is 0.455. The Morgan fingerprint density at radius 2 is 1.48 bits per heavy atom. The summed E-state index contributed by atoms with van der Waals surface area (Å²) in [6.45, 7) is 7.05. The van der Waals surface area contributed by atoms with Gasteiger partial charge in [-0.05, 0) is 23.5 Å². The Kier molecular flexibility index (Phi) is 6.41. The van der Waals surface area contributed by atoms with E-state index >= 15 is 0 Å². The Morgan fingerprint density at radius 1 is 0.913 bits per heavy atom. The first-order valence-corrected chi connectivity index (χ1v) is 8.79. The van der Waals surface area contributed by atoms with Gasteiger partial charge in [-0.15, -0.1) is 0 Å². The van der Waals surface area contributed by atoms with Crippen molar-refractivity contribution in [3.8, 4) is 0 Å². The number of aliphatic hydroxyl groups is 1. The minimum absolute atomic E-state index is 0.0494. The van der Waals surface area contributed by atoms with Gasteiger partial charge in [0.1, 0.15) is 0 Å². The molecule has 124 valence electrons. The van der Waals surface area contributed by atoms with E-state index in [9.17, 15) is 5.11 Å². The predicted octanol–water partition coefficient (Wildman–Crippen LogP) is 5.55. The summed E-state index contributed by atoms with van der Waals surface area (Å²) in [5.41, 5.74) is 2.50. The first-order chi connectivity index (χ1) is 11.1. The van der Waals surface area contributed by atoms with Crippen molar-refractivity contribution in [2.45, 2.75) is 51.4 Å². The molecule has 0 aliphatic rings. The fourth-order valence-electron chi connectivity index (χ4n) is 3.58. The van der Waals surface area contributed by atoms with Crippen LogP contribution in [0.25, 0.3) is 0 Å². The average molecular weight is 310 g/mol. The highest BCUT2D eigenvalue weighted by Crippen LogP contribution is 2.42. The van der Waals surface area contributed by atoms with Crippen molar-refractivity contribution in [2.75, 3.05) is 6.61 Å². The molecule has 0 aliphatic heterocycles. The van der Waals surface area contributed by atoms with Gasteiger partial charge >= 0.3 is 0 Å². The van der Waals surface area contributed by atoms with Crippen LogP contribution >= 0.6 is 0 Å². The van der Waals surface area contributed by atoms with Crippen LogP contribution in [0.3, 0.4) is 0 Å². The second-order valence-corrected chi connectivity index (χ2v) is 7.22. The summed E-state index contributed by atoms with van der Waals surface area (Å²) >= 11 is 0. The van der Waals surface area contributed by atoms with Gasteiger partial charge in [-0.3, -0.25) is 0 Å². The largest absolute Gasteiger partial charge is 0.396 e. The van der Waals surface area contributed by atoms with Crippen molar-refractivity contribution in [1.29, 1.82) is 0 Å². The van der Waals surface area contributed by atoms with Gasteiger partial charge in [0.05, 0.1) is 6.61 Å². The molecule has 0 saturated heterocycles. The van der Waals surface area contributed by atoms with Crippen LogP contribution in [-0.4, -0.2) is 11.7 Å². The highest BCUT2D eigenvalue weighted by Gasteiger charge is 2.36. The lowest BCUT2D eigenvalue weighted by molar-refractivity contribution is 0.198. The van der Waals surface area contributed by atoms with E-state index in [2.05, 4.69) is 75.4 Å². The van der Waals surface area contributed by atoms with Crippen LogP contribution in [0.2, 0.25) is 0 Å². The minimum atomic E-state index is -0.0494. The molecule has 1 heteroatoms. The Balaban J connectivity index is 2.35. The molecule has 0 spiro atoms. The summed E-state index contributed by atoms with van der Waals surface area (Å²) in [5, 5.41) is 10.2. The van der Waals surface area contributed by atoms with Gasteiger partial charge in [0.15, 0.2) is 0 Å². The standard InChI is InChI=1S/C22H30O/c1-18(2)11-10-16-22(3,20-14-8-5-9-15-20)21(17-23)19-12-6-4-7-13-19/h4-9,12-15,18,21,23H,10-11,16-17H2,1-3H3.